The molecule has 16 heavy (non-hydrogen) atoms. The second-order valence-corrected chi connectivity index (χ2v) is 4.79. The van der Waals surface area contributed by atoms with Gasteiger partial charge in [-0.3, -0.25) is 9.59 Å². The molecule has 0 aliphatic carbocycles. The van der Waals surface area contributed by atoms with E-state index in [9.17, 15) is 9.59 Å². The Balaban J connectivity index is 2.39. The van der Waals surface area contributed by atoms with E-state index in [1.807, 2.05) is 13.8 Å². The number of likely N-dealkylation sites (tertiary alicyclic amines) is 1. The molecule has 1 amide bonds. The van der Waals surface area contributed by atoms with Gasteiger partial charge in [-0.2, -0.15) is 0 Å². The molecule has 1 saturated heterocycles. The predicted octanol–water partition coefficient (Wildman–Crippen LogP) is 0.150. The molecule has 0 spiro atoms. The Bertz CT molecular complexity index is 272. The molecule has 1 atom stereocenters. The van der Waals surface area contributed by atoms with Gasteiger partial charge in [0.1, 0.15) is 0 Å². The minimum absolute atomic E-state index is 0.0686. The Morgan fingerprint density at radius 2 is 2.00 bits per heavy atom. The van der Waals surface area contributed by atoms with Gasteiger partial charge in [-0.05, 0) is 5.92 Å². The largest absolute Gasteiger partial charge is 0.481 e. The summed E-state index contributed by atoms with van der Waals surface area (Å²) in [5.74, 6) is -0.510. The molecule has 0 aromatic carbocycles. The summed E-state index contributed by atoms with van der Waals surface area (Å²) in [6.45, 7) is 5.44. The van der Waals surface area contributed by atoms with Crippen molar-refractivity contribution >= 4 is 11.9 Å². The Morgan fingerprint density at radius 3 is 2.38 bits per heavy atom. The second-order valence-electron chi connectivity index (χ2n) is 4.79. The molecule has 1 unspecified atom stereocenters. The third kappa shape index (κ3) is 2.95. The van der Waals surface area contributed by atoms with E-state index in [1.165, 1.54) is 0 Å². The first kappa shape index (κ1) is 13.0. The third-order valence-electron chi connectivity index (χ3n) is 3.11. The first-order chi connectivity index (χ1) is 7.45. The highest BCUT2D eigenvalue weighted by molar-refractivity contribution is 5.80. The van der Waals surface area contributed by atoms with Crippen LogP contribution in [0.3, 0.4) is 0 Å². The van der Waals surface area contributed by atoms with Crippen LogP contribution in [0.15, 0.2) is 0 Å². The molecular formula is C11H20N2O3. The molecule has 5 heteroatoms. The lowest BCUT2D eigenvalue weighted by molar-refractivity contribution is -0.148. The maximum Gasteiger partial charge on any atom is 0.303 e. The zero-order valence-electron chi connectivity index (χ0n) is 9.85. The van der Waals surface area contributed by atoms with Crippen LogP contribution in [0.4, 0.5) is 0 Å². The zero-order valence-corrected chi connectivity index (χ0v) is 9.85. The monoisotopic (exact) mass is 228 g/mol. The molecule has 0 aromatic heterocycles. The smallest absolute Gasteiger partial charge is 0.303 e. The van der Waals surface area contributed by atoms with Gasteiger partial charge >= 0.3 is 5.97 Å². The van der Waals surface area contributed by atoms with E-state index >= 15 is 0 Å². The Labute approximate surface area is 95.6 Å². The standard InChI is InChI=1S/C11H20N2O3/c1-7(2)9(4-12)11(16)13-5-8(6-13)3-10(14)15/h7-9H,3-6,12H2,1-2H3,(H,14,15). The molecule has 0 saturated carbocycles. The van der Waals surface area contributed by atoms with Crippen LogP contribution < -0.4 is 5.73 Å². The SMILES string of the molecule is CC(C)C(CN)C(=O)N1CC(CC(=O)O)C1. The molecular weight excluding hydrogens is 208 g/mol. The summed E-state index contributed by atoms with van der Waals surface area (Å²) in [6.07, 6.45) is 0.152. The fourth-order valence-electron chi connectivity index (χ4n) is 2.02. The summed E-state index contributed by atoms with van der Waals surface area (Å²) in [5, 5.41) is 8.59. The van der Waals surface area contributed by atoms with Crippen LogP contribution in [0.25, 0.3) is 0 Å². The van der Waals surface area contributed by atoms with E-state index in [0.717, 1.165) is 0 Å². The van der Waals surface area contributed by atoms with Crippen LogP contribution >= 0.6 is 0 Å². The fourth-order valence-corrected chi connectivity index (χ4v) is 2.02. The van der Waals surface area contributed by atoms with Crippen molar-refractivity contribution in [2.45, 2.75) is 20.3 Å². The summed E-state index contributed by atoms with van der Waals surface area (Å²) in [7, 11) is 0. The number of rotatable bonds is 5. The highest BCUT2D eigenvalue weighted by atomic mass is 16.4. The number of nitrogens with two attached hydrogens (primary N) is 1. The van der Waals surface area contributed by atoms with Gasteiger partial charge in [0.2, 0.25) is 5.91 Å². The van der Waals surface area contributed by atoms with Gasteiger partial charge in [-0.25, -0.2) is 0 Å². The van der Waals surface area contributed by atoms with Gasteiger partial charge in [-0.1, -0.05) is 13.8 Å². The van der Waals surface area contributed by atoms with Crippen molar-refractivity contribution in [3.8, 4) is 0 Å². The topological polar surface area (TPSA) is 83.6 Å². The van der Waals surface area contributed by atoms with Gasteiger partial charge in [-0.15, -0.1) is 0 Å². The van der Waals surface area contributed by atoms with E-state index in [1.54, 1.807) is 4.90 Å². The summed E-state index contributed by atoms with van der Waals surface area (Å²) in [5.41, 5.74) is 5.56. The van der Waals surface area contributed by atoms with E-state index in [0.29, 0.717) is 19.6 Å². The minimum atomic E-state index is -0.795. The van der Waals surface area contributed by atoms with Gasteiger partial charge in [0.25, 0.3) is 0 Å². The van der Waals surface area contributed by atoms with Crippen molar-refractivity contribution in [2.75, 3.05) is 19.6 Å². The van der Waals surface area contributed by atoms with Gasteiger partial charge < -0.3 is 15.7 Å². The quantitative estimate of drug-likeness (QED) is 0.701. The molecule has 5 nitrogen and oxygen atoms in total. The van der Waals surface area contributed by atoms with Crippen molar-refractivity contribution in [1.82, 2.24) is 4.90 Å². The Hall–Kier alpha value is -1.10. The normalized spacial score (nSPS) is 18.4. The molecule has 1 rings (SSSR count). The maximum absolute atomic E-state index is 11.9. The molecule has 0 aromatic rings. The van der Waals surface area contributed by atoms with Crippen molar-refractivity contribution < 1.29 is 14.7 Å². The van der Waals surface area contributed by atoms with Gasteiger partial charge in [0.05, 0.1) is 12.3 Å². The summed E-state index contributed by atoms with van der Waals surface area (Å²) < 4.78 is 0. The average molecular weight is 228 g/mol. The molecule has 3 N–H and O–H groups in total. The van der Waals surface area contributed by atoms with Crippen LogP contribution in [-0.4, -0.2) is 41.5 Å². The molecule has 1 aliphatic heterocycles. The lowest BCUT2D eigenvalue weighted by Crippen LogP contribution is -2.54. The first-order valence-corrected chi connectivity index (χ1v) is 5.66. The van der Waals surface area contributed by atoms with Gasteiger partial charge in [0.15, 0.2) is 0 Å². The third-order valence-corrected chi connectivity index (χ3v) is 3.11. The van der Waals surface area contributed by atoms with Crippen molar-refractivity contribution in [2.24, 2.45) is 23.5 Å². The molecule has 1 aliphatic rings. The van der Waals surface area contributed by atoms with Crippen molar-refractivity contribution in [3.63, 3.8) is 0 Å². The van der Waals surface area contributed by atoms with Crippen LogP contribution in [-0.2, 0) is 9.59 Å². The molecule has 1 fully saturated rings. The van der Waals surface area contributed by atoms with Crippen molar-refractivity contribution in [1.29, 1.82) is 0 Å². The highest BCUT2D eigenvalue weighted by Gasteiger charge is 2.35. The number of hydrogen-bond acceptors (Lipinski definition) is 3. The van der Waals surface area contributed by atoms with Crippen LogP contribution in [0.5, 0.6) is 0 Å². The number of nitrogens with zero attached hydrogens (tertiary/aromatic N) is 1. The van der Waals surface area contributed by atoms with Gasteiger partial charge in [0, 0.05) is 25.6 Å². The molecule has 0 bridgehead atoms. The van der Waals surface area contributed by atoms with Crippen LogP contribution in [0.2, 0.25) is 0 Å². The Kier molecular flexibility index (Phi) is 4.29. The van der Waals surface area contributed by atoms with Crippen LogP contribution in [0, 0.1) is 17.8 Å². The highest BCUT2D eigenvalue weighted by Crippen LogP contribution is 2.23. The Morgan fingerprint density at radius 1 is 1.44 bits per heavy atom. The number of amides is 1. The summed E-state index contributed by atoms with van der Waals surface area (Å²) >= 11 is 0. The number of carbonyl (C=O) groups is 2. The second kappa shape index (κ2) is 5.30. The molecule has 1 heterocycles. The average Bonchev–Trinajstić information content (AvgIpc) is 2.10. The zero-order chi connectivity index (χ0) is 12.3. The maximum atomic E-state index is 11.9. The molecule has 92 valence electrons. The predicted molar refractivity (Wildman–Crippen MR) is 59.7 cm³/mol. The summed E-state index contributed by atoms with van der Waals surface area (Å²) in [4.78, 5) is 24.1. The minimum Gasteiger partial charge on any atom is -0.481 e. The lowest BCUT2D eigenvalue weighted by atomic mass is 9.90. The number of carboxylic acid groups (broad SMARTS) is 1. The van der Waals surface area contributed by atoms with E-state index in [2.05, 4.69) is 0 Å². The lowest BCUT2D eigenvalue weighted by Gasteiger charge is -2.41. The van der Waals surface area contributed by atoms with E-state index in [4.69, 9.17) is 10.8 Å². The van der Waals surface area contributed by atoms with Crippen molar-refractivity contribution in [3.05, 3.63) is 0 Å². The van der Waals surface area contributed by atoms with E-state index in [-0.39, 0.29) is 30.1 Å². The number of carbonyl (C=O) groups excluding carboxylic acids is 1. The number of carboxylic acids is 1. The fraction of sp³-hybridized carbons (Fsp3) is 0.818. The number of aliphatic carboxylic acids is 1. The first-order valence-electron chi connectivity index (χ1n) is 5.66. The molecule has 0 radical (unpaired) electrons. The van der Waals surface area contributed by atoms with E-state index < -0.39 is 5.97 Å². The van der Waals surface area contributed by atoms with Crippen LogP contribution in [0.1, 0.15) is 20.3 Å². The summed E-state index contributed by atoms with van der Waals surface area (Å²) in [6, 6.07) is 0. The number of hydrogen-bond donors (Lipinski definition) is 2.